The molecule has 1 aromatic rings. The Morgan fingerprint density at radius 2 is 2.24 bits per heavy atom. The molecule has 2 fully saturated rings. The molecule has 2 aliphatic rings. The van der Waals surface area contributed by atoms with Crippen LogP contribution < -0.4 is 15.4 Å². The standard InChI is InChI=1S/C18H26FN3O3/c1-24-18-13(11-21-17(23)15-3-2-6-20-15)10-14(19)16(22-18)9-12-4-7-25-8-5-12/h10,12,15,20H,2-9,11H2,1H3,(H,21,23). The molecule has 2 N–H and O–H groups in total. The van der Waals surface area contributed by atoms with Gasteiger partial charge < -0.3 is 20.1 Å². The maximum absolute atomic E-state index is 14.5. The highest BCUT2D eigenvalue weighted by atomic mass is 19.1. The predicted molar refractivity (Wildman–Crippen MR) is 90.9 cm³/mol. The summed E-state index contributed by atoms with van der Waals surface area (Å²) in [6.07, 6.45) is 4.27. The van der Waals surface area contributed by atoms with Gasteiger partial charge in [-0.3, -0.25) is 4.79 Å². The van der Waals surface area contributed by atoms with E-state index in [9.17, 15) is 9.18 Å². The number of halogens is 1. The second kappa shape index (κ2) is 8.58. The molecule has 0 spiro atoms. The molecular weight excluding hydrogens is 325 g/mol. The molecule has 7 heteroatoms. The third-order valence-corrected chi connectivity index (χ3v) is 4.93. The van der Waals surface area contributed by atoms with Gasteiger partial charge in [0.15, 0.2) is 0 Å². The molecule has 0 aromatic carbocycles. The van der Waals surface area contributed by atoms with E-state index < -0.39 is 0 Å². The van der Waals surface area contributed by atoms with E-state index in [1.807, 2.05) is 0 Å². The number of amides is 1. The molecule has 0 saturated carbocycles. The second-order valence-corrected chi connectivity index (χ2v) is 6.71. The van der Waals surface area contributed by atoms with Gasteiger partial charge in [0.1, 0.15) is 5.82 Å². The zero-order chi connectivity index (χ0) is 17.6. The van der Waals surface area contributed by atoms with E-state index in [2.05, 4.69) is 15.6 Å². The molecule has 1 unspecified atom stereocenters. The molecule has 2 saturated heterocycles. The van der Waals surface area contributed by atoms with Gasteiger partial charge >= 0.3 is 0 Å². The van der Waals surface area contributed by atoms with Crippen LogP contribution in [0, 0.1) is 11.7 Å². The number of hydrogen-bond donors (Lipinski definition) is 2. The number of hydrogen-bond acceptors (Lipinski definition) is 5. The average Bonchev–Trinajstić information content (AvgIpc) is 3.17. The molecule has 0 radical (unpaired) electrons. The Balaban J connectivity index is 1.64. The minimum Gasteiger partial charge on any atom is -0.481 e. The molecule has 0 bridgehead atoms. The fourth-order valence-corrected chi connectivity index (χ4v) is 3.43. The highest BCUT2D eigenvalue weighted by molar-refractivity contribution is 5.82. The summed E-state index contributed by atoms with van der Waals surface area (Å²) >= 11 is 0. The van der Waals surface area contributed by atoms with Crippen LogP contribution in [0.4, 0.5) is 4.39 Å². The number of aromatic nitrogens is 1. The van der Waals surface area contributed by atoms with Crippen molar-refractivity contribution >= 4 is 5.91 Å². The summed E-state index contributed by atoms with van der Waals surface area (Å²) in [5, 5.41) is 5.98. The van der Waals surface area contributed by atoms with E-state index in [-0.39, 0.29) is 24.3 Å². The predicted octanol–water partition coefficient (Wildman–Crippen LogP) is 1.57. The van der Waals surface area contributed by atoms with Crippen molar-refractivity contribution in [1.29, 1.82) is 0 Å². The van der Waals surface area contributed by atoms with Crippen LogP contribution in [-0.4, -0.2) is 43.8 Å². The Kier molecular flexibility index (Phi) is 6.20. The zero-order valence-electron chi connectivity index (χ0n) is 14.6. The van der Waals surface area contributed by atoms with E-state index in [4.69, 9.17) is 9.47 Å². The highest BCUT2D eigenvalue weighted by Crippen LogP contribution is 2.24. The lowest BCUT2D eigenvalue weighted by atomic mass is 9.94. The molecule has 25 heavy (non-hydrogen) atoms. The first-order chi connectivity index (χ1) is 12.2. The smallest absolute Gasteiger partial charge is 0.237 e. The molecule has 1 aromatic heterocycles. The summed E-state index contributed by atoms with van der Waals surface area (Å²) in [5.41, 5.74) is 0.985. The first kappa shape index (κ1) is 18.1. The van der Waals surface area contributed by atoms with E-state index in [1.165, 1.54) is 13.2 Å². The first-order valence-electron chi connectivity index (χ1n) is 8.98. The summed E-state index contributed by atoms with van der Waals surface area (Å²) in [6, 6.07) is 1.28. The molecule has 6 nitrogen and oxygen atoms in total. The van der Waals surface area contributed by atoms with Crippen molar-refractivity contribution < 1.29 is 18.7 Å². The van der Waals surface area contributed by atoms with Crippen LogP contribution in [0.15, 0.2) is 6.07 Å². The Hall–Kier alpha value is -1.73. The summed E-state index contributed by atoms with van der Waals surface area (Å²) in [4.78, 5) is 16.4. The lowest BCUT2D eigenvalue weighted by Crippen LogP contribution is -2.40. The van der Waals surface area contributed by atoms with Gasteiger partial charge in [-0.2, -0.15) is 0 Å². The SMILES string of the molecule is COc1nc(CC2CCOCC2)c(F)cc1CNC(=O)C1CCCN1. The Labute approximate surface area is 147 Å². The first-order valence-corrected chi connectivity index (χ1v) is 8.98. The lowest BCUT2D eigenvalue weighted by Gasteiger charge is -2.22. The number of nitrogens with one attached hydrogen (secondary N) is 2. The quantitative estimate of drug-likeness (QED) is 0.814. The van der Waals surface area contributed by atoms with Crippen molar-refractivity contribution in [2.45, 2.75) is 44.7 Å². The lowest BCUT2D eigenvalue weighted by molar-refractivity contribution is -0.122. The number of ether oxygens (including phenoxy) is 2. The van der Waals surface area contributed by atoms with Crippen molar-refractivity contribution in [2.75, 3.05) is 26.9 Å². The number of methoxy groups -OCH3 is 1. The molecule has 0 aliphatic carbocycles. The van der Waals surface area contributed by atoms with E-state index >= 15 is 0 Å². The number of nitrogens with zero attached hydrogens (tertiary/aromatic N) is 1. The van der Waals surface area contributed by atoms with Gasteiger partial charge in [-0.05, 0) is 50.6 Å². The van der Waals surface area contributed by atoms with Crippen molar-refractivity contribution in [2.24, 2.45) is 5.92 Å². The Morgan fingerprint density at radius 1 is 1.44 bits per heavy atom. The van der Waals surface area contributed by atoms with Gasteiger partial charge in [-0.15, -0.1) is 0 Å². The third kappa shape index (κ3) is 4.67. The van der Waals surface area contributed by atoms with Crippen molar-refractivity contribution in [1.82, 2.24) is 15.6 Å². The minimum absolute atomic E-state index is 0.0637. The Morgan fingerprint density at radius 3 is 2.92 bits per heavy atom. The van der Waals surface area contributed by atoms with Gasteiger partial charge in [-0.25, -0.2) is 9.37 Å². The zero-order valence-corrected chi connectivity index (χ0v) is 14.6. The highest BCUT2D eigenvalue weighted by Gasteiger charge is 2.23. The number of carbonyl (C=O) groups is 1. The van der Waals surface area contributed by atoms with Gasteiger partial charge in [0, 0.05) is 25.3 Å². The van der Waals surface area contributed by atoms with Crippen molar-refractivity contribution in [3.8, 4) is 5.88 Å². The second-order valence-electron chi connectivity index (χ2n) is 6.71. The largest absolute Gasteiger partial charge is 0.481 e. The number of rotatable bonds is 6. The van der Waals surface area contributed by atoms with Crippen molar-refractivity contribution in [3.05, 3.63) is 23.1 Å². The normalized spacial score (nSPS) is 21.3. The summed E-state index contributed by atoms with van der Waals surface area (Å²) in [5.74, 6) is 0.365. The van der Waals surface area contributed by atoms with E-state index in [1.54, 1.807) is 0 Å². The van der Waals surface area contributed by atoms with E-state index in [0.29, 0.717) is 29.5 Å². The molecule has 3 rings (SSSR count). The van der Waals surface area contributed by atoms with Crippen LogP contribution in [0.1, 0.15) is 36.9 Å². The van der Waals surface area contributed by atoms with Gasteiger partial charge in [0.25, 0.3) is 0 Å². The summed E-state index contributed by atoms with van der Waals surface area (Å²) in [7, 11) is 1.52. The fraction of sp³-hybridized carbons (Fsp3) is 0.667. The molecular formula is C18H26FN3O3. The van der Waals surface area contributed by atoms with Gasteiger partial charge in [-0.1, -0.05) is 0 Å². The molecule has 3 heterocycles. The Bertz CT molecular complexity index is 599. The van der Waals surface area contributed by atoms with Crippen LogP contribution in [-0.2, 0) is 22.5 Å². The van der Waals surface area contributed by atoms with Crippen LogP contribution in [0.25, 0.3) is 0 Å². The maximum atomic E-state index is 14.5. The van der Waals surface area contributed by atoms with Crippen LogP contribution >= 0.6 is 0 Å². The monoisotopic (exact) mass is 351 g/mol. The number of pyridine rings is 1. The van der Waals surface area contributed by atoms with Crippen LogP contribution in [0.2, 0.25) is 0 Å². The summed E-state index contributed by atoms with van der Waals surface area (Å²) in [6.45, 7) is 2.52. The molecule has 1 atom stereocenters. The molecule has 138 valence electrons. The topological polar surface area (TPSA) is 72.5 Å². The minimum atomic E-state index is -0.337. The van der Waals surface area contributed by atoms with Gasteiger partial charge in [0.2, 0.25) is 11.8 Å². The average molecular weight is 351 g/mol. The van der Waals surface area contributed by atoms with Crippen molar-refractivity contribution in [3.63, 3.8) is 0 Å². The third-order valence-electron chi connectivity index (χ3n) is 4.93. The van der Waals surface area contributed by atoms with Crippen LogP contribution in [0.3, 0.4) is 0 Å². The van der Waals surface area contributed by atoms with E-state index in [0.717, 1.165) is 45.4 Å². The fourth-order valence-electron chi connectivity index (χ4n) is 3.43. The summed E-state index contributed by atoms with van der Waals surface area (Å²) < 4.78 is 25.1. The van der Waals surface area contributed by atoms with Gasteiger partial charge in [0.05, 0.1) is 18.8 Å². The molecule has 2 aliphatic heterocycles. The van der Waals surface area contributed by atoms with Crippen LogP contribution in [0.5, 0.6) is 5.88 Å². The maximum Gasteiger partial charge on any atom is 0.237 e. The number of carbonyl (C=O) groups excluding carboxylic acids is 1. The molecule has 1 amide bonds.